The first-order chi connectivity index (χ1) is 10.6. The predicted molar refractivity (Wildman–Crippen MR) is 93.7 cm³/mol. The number of benzene rings is 1. The summed E-state index contributed by atoms with van der Waals surface area (Å²) >= 11 is 7.78. The summed E-state index contributed by atoms with van der Waals surface area (Å²) in [5.74, 6) is 1.11. The summed E-state index contributed by atoms with van der Waals surface area (Å²) in [7, 11) is 0. The van der Waals surface area contributed by atoms with E-state index in [9.17, 15) is 0 Å². The lowest BCUT2D eigenvalue weighted by molar-refractivity contribution is 0.645. The van der Waals surface area contributed by atoms with Gasteiger partial charge < -0.3 is 16.0 Å². The Bertz CT molecular complexity index is 904. The van der Waals surface area contributed by atoms with E-state index >= 15 is 0 Å². The summed E-state index contributed by atoms with van der Waals surface area (Å²) in [5.41, 5.74) is 7.79. The number of fused-ring (bicyclic) bond motifs is 3. The first-order valence-corrected chi connectivity index (χ1v) is 8.14. The molecule has 0 aliphatic carbocycles. The Hall–Kier alpha value is -1.89. The maximum atomic E-state index is 6.12. The monoisotopic (exact) mass is 331 g/mol. The maximum absolute atomic E-state index is 6.12. The molecule has 0 amide bonds. The molecule has 0 atom stereocenters. The van der Waals surface area contributed by atoms with E-state index in [-0.39, 0.29) is 5.95 Å². The highest BCUT2D eigenvalue weighted by Gasteiger charge is 2.21. The molecule has 7 heteroatoms. The molecular weight excluding hydrogens is 318 g/mol. The molecule has 3 N–H and O–H groups in total. The Balaban J connectivity index is 2.02. The molecule has 112 valence electrons. The van der Waals surface area contributed by atoms with Crippen molar-refractivity contribution in [2.24, 2.45) is 0 Å². The van der Waals surface area contributed by atoms with Crippen molar-refractivity contribution < 1.29 is 0 Å². The predicted octanol–water partition coefficient (Wildman–Crippen LogP) is 3.00. The Morgan fingerprint density at radius 2 is 2.23 bits per heavy atom. The number of aromatic nitrogens is 2. The second-order valence-corrected chi connectivity index (χ2v) is 6.71. The van der Waals surface area contributed by atoms with Crippen molar-refractivity contribution in [2.75, 3.05) is 30.3 Å². The number of nitrogen functional groups attached to an aromatic ring is 1. The molecule has 1 aliphatic heterocycles. The largest absolute Gasteiger partial charge is 0.368 e. The average molecular weight is 332 g/mol. The van der Waals surface area contributed by atoms with Gasteiger partial charge in [0.1, 0.15) is 0 Å². The molecule has 4 rings (SSSR count). The SMILES string of the molecule is C=C1CNCCN1c1nc(N)nc2c1sc1ccc(Cl)cc12. The quantitative estimate of drug-likeness (QED) is 0.717. The van der Waals surface area contributed by atoms with Gasteiger partial charge in [-0.2, -0.15) is 4.98 Å². The summed E-state index contributed by atoms with van der Waals surface area (Å²) in [6.07, 6.45) is 0. The molecule has 0 bridgehead atoms. The van der Waals surface area contributed by atoms with E-state index in [4.69, 9.17) is 17.3 Å². The third-order valence-corrected chi connectivity index (χ3v) is 5.14. The molecule has 0 radical (unpaired) electrons. The van der Waals surface area contributed by atoms with E-state index in [1.165, 1.54) is 0 Å². The highest BCUT2D eigenvalue weighted by Crippen LogP contribution is 2.39. The lowest BCUT2D eigenvalue weighted by Gasteiger charge is -2.30. The molecule has 1 aromatic carbocycles. The zero-order valence-corrected chi connectivity index (χ0v) is 13.3. The van der Waals surface area contributed by atoms with Crippen LogP contribution in [-0.4, -0.2) is 29.6 Å². The molecule has 5 nitrogen and oxygen atoms in total. The van der Waals surface area contributed by atoms with E-state index in [0.717, 1.165) is 51.5 Å². The van der Waals surface area contributed by atoms with Gasteiger partial charge in [0.2, 0.25) is 5.95 Å². The smallest absolute Gasteiger partial charge is 0.222 e. The molecule has 22 heavy (non-hydrogen) atoms. The Labute approximate surface area is 136 Å². The molecule has 1 saturated heterocycles. The van der Waals surface area contributed by atoms with Crippen LogP contribution in [0.25, 0.3) is 20.3 Å². The van der Waals surface area contributed by atoms with Gasteiger partial charge in [-0.3, -0.25) is 0 Å². The van der Waals surface area contributed by atoms with Gasteiger partial charge in [-0.05, 0) is 18.2 Å². The standard InChI is InChI=1S/C15H14ClN5S/c1-8-7-18-4-5-21(8)14-13-12(19-15(17)20-14)10-6-9(16)2-3-11(10)22-13/h2-3,6,18H,1,4-5,7H2,(H2,17,19,20). The van der Waals surface area contributed by atoms with E-state index in [2.05, 4.69) is 26.8 Å². The third-order valence-electron chi connectivity index (χ3n) is 3.75. The Morgan fingerprint density at radius 1 is 1.36 bits per heavy atom. The van der Waals surface area contributed by atoms with Gasteiger partial charge in [0.15, 0.2) is 5.82 Å². The average Bonchev–Trinajstić information content (AvgIpc) is 2.85. The molecule has 3 aromatic rings. The summed E-state index contributed by atoms with van der Waals surface area (Å²) in [6, 6.07) is 5.83. The first-order valence-electron chi connectivity index (χ1n) is 6.95. The normalized spacial score (nSPS) is 15.9. The molecule has 1 aliphatic rings. The van der Waals surface area contributed by atoms with E-state index in [0.29, 0.717) is 5.02 Å². The number of hydrogen-bond acceptors (Lipinski definition) is 6. The third kappa shape index (κ3) is 2.11. The van der Waals surface area contributed by atoms with Crippen molar-refractivity contribution in [3.8, 4) is 0 Å². The second kappa shape index (κ2) is 5.08. The van der Waals surface area contributed by atoms with Gasteiger partial charge in [0.25, 0.3) is 0 Å². The number of rotatable bonds is 1. The van der Waals surface area contributed by atoms with E-state index in [1.807, 2.05) is 18.2 Å². The van der Waals surface area contributed by atoms with Crippen molar-refractivity contribution in [3.05, 3.63) is 35.5 Å². The van der Waals surface area contributed by atoms with Gasteiger partial charge in [-0.1, -0.05) is 18.2 Å². The molecule has 0 spiro atoms. The van der Waals surface area contributed by atoms with Gasteiger partial charge in [0.05, 0.1) is 10.2 Å². The molecule has 0 unspecified atom stereocenters. The molecule has 2 aromatic heterocycles. The van der Waals surface area contributed by atoms with Gasteiger partial charge in [-0.25, -0.2) is 4.98 Å². The highest BCUT2D eigenvalue weighted by atomic mass is 35.5. The molecule has 1 fully saturated rings. The number of thiophene rings is 1. The Morgan fingerprint density at radius 3 is 3.05 bits per heavy atom. The van der Waals surface area contributed by atoms with E-state index < -0.39 is 0 Å². The van der Waals surface area contributed by atoms with Crippen LogP contribution in [0.2, 0.25) is 5.02 Å². The fourth-order valence-corrected chi connectivity index (χ4v) is 4.03. The fourth-order valence-electron chi connectivity index (χ4n) is 2.73. The van der Waals surface area contributed by atoms with E-state index in [1.54, 1.807) is 11.3 Å². The number of nitrogens with one attached hydrogen (secondary N) is 1. The van der Waals surface area contributed by atoms with Crippen LogP contribution in [0.3, 0.4) is 0 Å². The minimum Gasteiger partial charge on any atom is -0.368 e. The summed E-state index contributed by atoms with van der Waals surface area (Å²) in [4.78, 5) is 11.0. The fraction of sp³-hybridized carbons (Fsp3) is 0.200. The number of hydrogen-bond donors (Lipinski definition) is 2. The lowest BCUT2D eigenvalue weighted by Crippen LogP contribution is -2.41. The minimum absolute atomic E-state index is 0.272. The van der Waals surface area contributed by atoms with Crippen LogP contribution in [0, 0.1) is 0 Å². The van der Waals surface area contributed by atoms with Crippen molar-refractivity contribution in [3.63, 3.8) is 0 Å². The minimum atomic E-state index is 0.272. The van der Waals surface area contributed by atoms with Crippen LogP contribution in [-0.2, 0) is 0 Å². The highest BCUT2D eigenvalue weighted by molar-refractivity contribution is 7.26. The summed E-state index contributed by atoms with van der Waals surface area (Å²) < 4.78 is 2.15. The van der Waals surface area contributed by atoms with Crippen LogP contribution < -0.4 is 16.0 Å². The van der Waals surface area contributed by atoms with Crippen molar-refractivity contribution >= 4 is 55.0 Å². The van der Waals surface area contributed by atoms with Crippen LogP contribution in [0.1, 0.15) is 0 Å². The van der Waals surface area contributed by atoms with Crippen LogP contribution in [0.15, 0.2) is 30.5 Å². The van der Waals surface area contributed by atoms with Crippen molar-refractivity contribution in [2.45, 2.75) is 0 Å². The molecule has 0 saturated carbocycles. The lowest BCUT2D eigenvalue weighted by atomic mass is 10.2. The maximum Gasteiger partial charge on any atom is 0.222 e. The summed E-state index contributed by atoms with van der Waals surface area (Å²) in [5, 5.41) is 5.01. The topological polar surface area (TPSA) is 67.1 Å². The number of piperazine rings is 1. The number of nitrogens with zero attached hydrogens (tertiary/aromatic N) is 3. The number of anilines is 2. The van der Waals surface area contributed by atoms with Crippen LogP contribution in [0.4, 0.5) is 11.8 Å². The number of nitrogens with two attached hydrogens (primary N) is 1. The van der Waals surface area contributed by atoms with Crippen molar-refractivity contribution in [1.82, 2.24) is 15.3 Å². The Kier molecular flexibility index (Phi) is 3.18. The van der Waals surface area contributed by atoms with Gasteiger partial charge >= 0.3 is 0 Å². The van der Waals surface area contributed by atoms with Gasteiger partial charge in [-0.15, -0.1) is 11.3 Å². The first kappa shape index (κ1) is 13.8. The number of halogens is 1. The zero-order chi connectivity index (χ0) is 15.3. The van der Waals surface area contributed by atoms with Gasteiger partial charge in [0, 0.05) is 40.4 Å². The second-order valence-electron chi connectivity index (χ2n) is 5.22. The summed E-state index contributed by atoms with van der Waals surface area (Å²) in [6.45, 7) is 6.58. The van der Waals surface area contributed by atoms with Crippen LogP contribution >= 0.6 is 22.9 Å². The van der Waals surface area contributed by atoms with Crippen LogP contribution in [0.5, 0.6) is 0 Å². The van der Waals surface area contributed by atoms with Crippen molar-refractivity contribution in [1.29, 1.82) is 0 Å². The molecule has 3 heterocycles. The zero-order valence-electron chi connectivity index (χ0n) is 11.8. The molecular formula is C15H14ClN5S.